The minimum Gasteiger partial charge on any atom is -0.508 e. The molecule has 0 spiro atoms. The Morgan fingerprint density at radius 1 is 0.857 bits per heavy atom. The van der Waals surface area contributed by atoms with Crippen LogP contribution >= 0.6 is 0 Å². The van der Waals surface area contributed by atoms with Crippen molar-refractivity contribution < 1.29 is 69.4 Å². The van der Waals surface area contributed by atoms with E-state index in [2.05, 4.69) is 0 Å². The standard InChI is InChI=1S/C28H26O14/c29-13-3-1-11(2-4-13)19-9-16(31)22-15(30)7-14(8-20(22)41-19)40-28-26(37)25(36)24(35)21(42-28)10-39-27(38)12-5-17(32)23(34)18(33)6-12/h1-8,19,21,24-26,28-30,32-37H,9-10H2/t19-,21-,24+,25-,26+,28+/m0/s1. The number of phenolic OH excluding ortho intramolecular Hbond substituents is 5. The van der Waals surface area contributed by atoms with Crippen molar-refractivity contribution in [2.75, 3.05) is 6.61 Å². The van der Waals surface area contributed by atoms with E-state index in [1.54, 1.807) is 12.1 Å². The number of Topliss-reactive ketones (excluding diaryl/α,β-unsaturated/α-hetero) is 1. The van der Waals surface area contributed by atoms with E-state index >= 15 is 0 Å². The molecule has 0 bridgehead atoms. The molecule has 222 valence electrons. The molecule has 14 heteroatoms. The number of carbonyl (C=O) groups excluding carboxylic acids is 2. The molecule has 42 heavy (non-hydrogen) atoms. The fourth-order valence-electron chi connectivity index (χ4n) is 4.61. The van der Waals surface area contributed by atoms with Crippen LogP contribution in [0.2, 0.25) is 0 Å². The Kier molecular flexibility index (Phi) is 7.71. The van der Waals surface area contributed by atoms with Crippen molar-refractivity contribution in [2.24, 2.45) is 0 Å². The Morgan fingerprint density at radius 3 is 2.19 bits per heavy atom. The van der Waals surface area contributed by atoms with Gasteiger partial charge in [0.05, 0.1) is 12.0 Å². The van der Waals surface area contributed by atoms with Crippen molar-refractivity contribution in [1.29, 1.82) is 0 Å². The van der Waals surface area contributed by atoms with Crippen LogP contribution < -0.4 is 9.47 Å². The first-order valence-corrected chi connectivity index (χ1v) is 12.6. The third-order valence-electron chi connectivity index (χ3n) is 6.84. The highest BCUT2D eigenvalue weighted by Gasteiger charge is 2.46. The fraction of sp³-hybridized carbons (Fsp3) is 0.286. The molecule has 5 rings (SSSR count). The zero-order chi connectivity index (χ0) is 30.3. The normalized spacial score (nSPS) is 25.3. The molecule has 3 aromatic carbocycles. The van der Waals surface area contributed by atoms with Gasteiger partial charge >= 0.3 is 5.97 Å². The Bertz CT molecular complexity index is 1480. The summed E-state index contributed by atoms with van der Waals surface area (Å²) in [5.74, 6) is -4.52. The summed E-state index contributed by atoms with van der Waals surface area (Å²) in [5.41, 5.74) is 0.163. The summed E-state index contributed by atoms with van der Waals surface area (Å²) < 4.78 is 22.1. The number of aromatic hydroxyl groups is 5. The number of hydrogen-bond donors (Lipinski definition) is 8. The van der Waals surface area contributed by atoms with E-state index in [1.165, 1.54) is 18.2 Å². The molecule has 1 saturated heterocycles. The highest BCUT2D eigenvalue weighted by Crippen LogP contribution is 2.43. The summed E-state index contributed by atoms with van der Waals surface area (Å²) >= 11 is 0. The topological polar surface area (TPSA) is 233 Å². The monoisotopic (exact) mass is 586 g/mol. The lowest BCUT2D eigenvalue weighted by atomic mass is 9.95. The lowest BCUT2D eigenvalue weighted by Gasteiger charge is -2.40. The summed E-state index contributed by atoms with van der Waals surface area (Å²) in [5, 5.41) is 80.0. The van der Waals surface area contributed by atoms with E-state index in [-0.39, 0.29) is 34.8 Å². The smallest absolute Gasteiger partial charge is 0.338 e. The Hall–Kier alpha value is -4.76. The van der Waals surface area contributed by atoms with Crippen LogP contribution in [0.4, 0.5) is 0 Å². The van der Waals surface area contributed by atoms with E-state index in [1.807, 2.05) is 0 Å². The largest absolute Gasteiger partial charge is 0.508 e. The van der Waals surface area contributed by atoms with Gasteiger partial charge in [-0.3, -0.25) is 4.79 Å². The molecule has 0 unspecified atom stereocenters. The second-order valence-corrected chi connectivity index (χ2v) is 9.73. The highest BCUT2D eigenvalue weighted by molar-refractivity contribution is 6.02. The Morgan fingerprint density at radius 2 is 1.52 bits per heavy atom. The number of aliphatic hydroxyl groups excluding tert-OH is 3. The SMILES string of the molecule is O=C(OC[C@@H]1O[C@@H](Oc2cc(O)c3c(c2)O[C@H](c2ccc(O)cc2)CC3=O)[C@H](O)[C@@H](O)[C@@H]1O)c1cc(O)c(O)c(O)c1. The first kappa shape index (κ1) is 28.8. The lowest BCUT2D eigenvalue weighted by Crippen LogP contribution is -2.60. The van der Waals surface area contributed by atoms with Gasteiger partial charge in [-0.05, 0) is 29.8 Å². The molecule has 8 N–H and O–H groups in total. The van der Waals surface area contributed by atoms with Gasteiger partial charge < -0.3 is 59.8 Å². The zero-order valence-corrected chi connectivity index (χ0v) is 21.5. The second kappa shape index (κ2) is 11.3. The maximum atomic E-state index is 12.8. The van der Waals surface area contributed by atoms with E-state index < -0.39 is 78.2 Å². The van der Waals surface area contributed by atoms with Crippen molar-refractivity contribution in [3.8, 4) is 40.2 Å². The molecule has 0 amide bonds. The summed E-state index contributed by atoms with van der Waals surface area (Å²) in [7, 11) is 0. The van der Waals surface area contributed by atoms with Crippen LogP contribution in [0.5, 0.6) is 40.2 Å². The van der Waals surface area contributed by atoms with Crippen LogP contribution in [-0.2, 0) is 9.47 Å². The quantitative estimate of drug-likeness (QED) is 0.149. The van der Waals surface area contributed by atoms with Gasteiger partial charge in [-0.1, -0.05) is 12.1 Å². The number of carbonyl (C=O) groups is 2. The van der Waals surface area contributed by atoms with Gasteiger partial charge in [0.1, 0.15) is 65.7 Å². The van der Waals surface area contributed by atoms with Crippen LogP contribution in [0.1, 0.15) is 38.8 Å². The minimum absolute atomic E-state index is 0.0278. The molecule has 0 radical (unpaired) electrons. The molecule has 0 aromatic heterocycles. The van der Waals surface area contributed by atoms with E-state index in [0.29, 0.717) is 5.56 Å². The number of benzene rings is 3. The summed E-state index contributed by atoms with van der Waals surface area (Å²) in [6, 6.07) is 10.0. The number of aliphatic hydroxyl groups is 3. The number of hydrogen-bond acceptors (Lipinski definition) is 14. The molecule has 2 aliphatic rings. The molecule has 2 heterocycles. The molecule has 2 aliphatic heterocycles. The van der Waals surface area contributed by atoms with Gasteiger partial charge in [0.15, 0.2) is 23.0 Å². The fourth-order valence-corrected chi connectivity index (χ4v) is 4.61. The van der Waals surface area contributed by atoms with Crippen LogP contribution in [-0.4, -0.2) is 89.9 Å². The third kappa shape index (κ3) is 5.56. The molecular weight excluding hydrogens is 560 g/mol. The zero-order valence-electron chi connectivity index (χ0n) is 21.5. The number of rotatable bonds is 6. The van der Waals surface area contributed by atoms with Gasteiger partial charge in [-0.25, -0.2) is 4.79 Å². The maximum absolute atomic E-state index is 12.8. The van der Waals surface area contributed by atoms with E-state index in [4.69, 9.17) is 18.9 Å². The average Bonchev–Trinajstić information content (AvgIpc) is 2.95. The molecule has 0 aliphatic carbocycles. The van der Waals surface area contributed by atoms with Gasteiger partial charge in [0.2, 0.25) is 6.29 Å². The first-order valence-electron chi connectivity index (χ1n) is 12.6. The molecule has 1 fully saturated rings. The third-order valence-corrected chi connectivity index (χ3v) is 6.84. The van der Waals surface area contributed by atoms with Crippen molar-refractivity contribution in [3.63, 3.8) is 0 Å². The summed E-state index contributed by atoms with van der Waals surface area (Å²) in [6.07, 6.45) is -9.26. The van der Waals surface area contributed by atoms with Crippen LogP contribution in [0, 0.1) is 0 Å². The predicted octanol–water partition coefficient (Wildman–Crippen LogP) is 0.964. The second-order valence-electron chi connectivity index (χ2n) is 9.73. The lowest BCUT2D eigenvalue weighted by molar-refractivity contribution is -0.277. The number of phenols is 5. The molecule has 14 nitrogen and oxygen atoms in total. The number of ether oxygens (including phenoxy) is 4. The summed E-state index contributed by atoms with van der Waals surface area (Å²) in [4.78, 5) is 25.2. The van der Waals surface area contributed by atoms with Crippen LogP contribution in [0.15, 0.2) is 48.5 Å². The van der Waals surface area contributed by atoms with Gasteiger partial charge in [-0.2, -0.15) is 0 Å². The van der Waals surface area contributed by atoms with Crippen LogP contribution in [0.25, 0.3) is 0 Å². The predicted molar refractivity (Wildman–Crippen MR) is 138 cm³/mol. The van der Waals surface area contributed by atoms with Gasteiger partial charge in [-0.15, -0.1) is 0 Å². The van der Waals surface area contributed by atoms with Crippen molar-refractivity contribution in [3.05, 3.63) is 65.2 Å². The maximum Gasteiger partial charge on any atom is 0.338 e. The first-order chi connectivity index (χ1) is 19.9. The Labute approximate surface area is 236 Å². The number of esters is 1. The van der Waals surface area contributed by atoms with Crippen molar-refractivity contribution in [1.82, 2.24) is 0 Å². The molecule has 3 aromatic rings. The average molecular weight is 587 g/mol. The van der Waals surface area contributed by atoms with Crippen molar-refractivity contribution in [2.45, 2.75) is 43.2 Å². The Balaban J connectivity index is 1.31. The summed E-state index contributed by atoms with van der Waals surface area (Å²) in [6.45, 7) is -0.673. The molecule has 6 atom stereocenters. The molecular formula is C28H26O14. The number of fused-ring (bicyclic) bond motifs is 1. The minimum atomic E-state index is -1.82. The van der Waals surface area contributed by atoms with E-state index in [9.17, 15) is 50.4 Å². The van der Waals surface area contributed by atoms with E-state index in [0.717, 1.165) is 18.2 Å². The van der Waals surface area contributed by atoms with Crippen molar-refractivity contribution >= 4 is 11.8 Å². The molecule has 0 saturated carbocycles. The highest BCUT2D eigenvalue weighted by atomic mass is 16.7. The number of ketones is 1. The van der Waals surface area contributed by atoms with Crippen LogP contribution in [0.3, 0.4) is 0 Å². The van der Waals surface area contributed by atoms with Gasteiger partial charge in [0, 0.05) is 12.1 Å². The van der Waals surface area contributed by atoms with Gasteiger partial charge in [0.25, 0.3) is 0 Å².